The Balaban J connectivity index is 2.04. The Hall–Kier alpha value is -0.160. The highest BCUT2D eigenvalue weighted by molar-refractivity contribution is 5.01. The molecule has 0 bridgehead atoms. The summed E-state index contributed by atoms with van der Waals surface area (Å²) in [5.41, 5.74) is 3.41. The predicted octanol–water partition coefficient (Wildman–Crippen LogP) is 2.15. The molecule has 2 rings (SSSR count). The topological polar surface area (TPSA) is 50.5 Å². The van der Waals surface area contributed by atoms with Crippen molar-refractivity contribution in [1.82, 2.24) is 10.3 Å². The molecule has 3 N–H and O–H groups in total. The van der Waals surface area contributed by atoms with Gasteiger partial charge in [0.05, 0.1) is 0 Å². The number of nitrogens with two attached hydrogens (primary N) is 1. The van der Waals surface area contributed by atoms with E-state index in [1.165, 1.54) is 44.9 Å². The van der Waals surface area contributed by atoms with Crippen LogP contribution in [0.4, 0.5) is 0 Å². The molecule has 118 valence electrons. The molecule has 20 heavy (non-hydrogen) atoms. The first-order chi connectivity index (χ1) is 9.58. The van der Waals surface area contributed by atoms with Gasteiger partial charge in [-0.1, -0.05) is 6.92 Å². The van der Waals surface area contributed by atoms with Crippen molar-refractivity contribution in [2.24, 2.45) is 17.7 Å². The summed E-state index contributed by atoms with van der Waals surface area (Å²) in [6.07, 6.45) is 8.75. The zero-order chi connectivity index (χ0) is 14.6. The zero-order valence-corrected chi connectivity index (χ0v) is 13.5. The first kappa shape index (κ1) is 16.2. The van der Waals surface area contributed by atoms with E-state index in [1.54, 1.807) is 0 Å². The lowest BCUT2D eigenvalue weighted by atomic mass is 9.70. The van der Waals surface area contributed by atoms with Crippen LogP contribution in [0.15, 0.2) is 0 Å². The van der Waals surface area contributed by atoms with Gasteiger partial charge in [0, 0.05) is 24.8 Å². The molecule has 4 nitrogen and oxygen atoms in total. The van der Waals surface area contributed by atoms with Crippen LogP contribution in [0.25, 0.3) is 0 Å². The molecule has 1 heterocycles. The van der Waals surface area contributed by atoms with Crippen molar-refractivity contribution < 1.29 is 4.74 Å². The number of hydrogen-bond acceptors (Lipinski definition) is 4. The van der Waals surface area contributed by atoms with E-state index in [1.807, 2.05) is 0 Å². The summed E-state index contributed by atoms with van der Waals surface area (Å²) < 4.78 is 5.48. The summed E-state index contributed by atoms with van der Waals surface area (Å²) in [6, 6.07) is 0.396. The highest BCUT2D eigenvalue weighted by atomic mass is 16.5. The van der Waals surface area contributed by atoms with Crippen LogP contribution in [0.3, 0.4) is 0 Å². The largest absolute Gasteiger partial charge is 0.381 e. The molecular formula is C16H33N3O. The van der Waals surface area contributed by atoms with Crippen LogP contribution in [0.5, 0.6) is 0 Å². The predicted molar refractivity (Wildman–Crippen MR) is 83.3 cm³/mol. The average molecular weight is 283 g/mol. The third-order valence-corrected chi connectivity index (χ3v) is 5.79. The second kappa shape index (κ2) is 7.21. The fraction of sp³-hybridized carbons (Fsp3) is 1.00. The van der Waals surface area contributed by atoms with E-state index in [-0.39, 0.29) is 5.54 Å². The van der Waals surface area contributed by atoms with Crippen molar-refractivity contribution in [3.05, 3.63) is 0 Å². The monoisotopic (exact) mass is 283 g/mol. The molecular weight excluding hydrogens is 250 g/mol. The van der Waals surface area contributed by atoms with Gasteiger partial charge in [0.25, 0.3) is 0 Å². The minimum Gasteiger partial charge on any atom is -0.381 e. The van der Waals surface area contributed by atoms with E-state index in [2.05, 4.69) is 31.3 Å². The van der Waals surface area contributed by atoms with E-state index in [9.17, 15) is 0 Å². The first-order valence-electron chi connectivity index (χ1n) is 8.30. The van der Waals surface area contributed by atoms with Crippen LogP contribution in [0, 0.1) is 11.8 Å². The lowest BCUT2D eigenvalue weighted by molar-refractivity contribution is 0.0160. The lowest BCUT2D eigenvalue weighted by Gasteiger charge is -2.50. The normalized spacial score (nSPS) is 34.4. The molecule has 0 aromatic rings. The van der Waals surface area contributed by atoms with Gasteiger partial charge in [-0.05, 0) is 70.9 Å². The molecule has 4 heteroatoms. The van der Waals surface area contributed by atoms with Crippen molar-refractivity contribution in [3.8, 4) is 0 Å². The van der Waals surface area contributed by atoms with Crippen LogP contribution in [0.2, 0.25) is 0 Å². The standard InChI is InChI=1S/C16H33N3O/c1-13-4-8-16(9-5-13,19(2)3)15(18-17)12-14-6-10-20-11-7-14/h13-15,18H,4-12,17H2,1-3H3. The number of hydrogen-bond donors (Lipinski definition) is 2. The second-order valence-electron chi connectivity index (χ2n) is 7.19. The fourth-order valence-corrected chi connectivity index (χ4v) is 4.13. The van der Waals surface area contributed by atoms with Crippen LogP contribution in [-0.4, -0.2) is 43.8 Å². The maximum absolute atomic E-state index is 5.97. The zero-order valence-electron chi connectivity index (χ0n) is 13.5. The number of hydrazine groups is 1. The Bertz CT molecular complexity index is 281. The lowest BCUT2D eigenvalue weighted by Crippen LogP contribution is -2.62. The van der Waals surface area contributed by atoms with Gasteiger partial charge in [0.1, 0.15) is 0 Å². The number of ether oxygens (including phenoxy) is 1. The fourth-order valence-electron chi connectivity index (χ4n) is 4.13. The molecule has 1 saturated carbocycles. The minimum absolute atomic E-state index is 0.236. The van der Waals surface area contributed by atoms with Crippen LogP contribution >= 0.6 is 0 Å². The molecule has 0 spiro atoms. The van der Waals surface area contributed by atoms with E-state index >= 15 is 0 Å². The van der Waals surface area contributed by atoms with E-state index in [0.717, 1.165) is 25.0 Å². The van der Waals surface area contributed by atoms with Gasteiger partial charge in [-0.25, -0.2) is 0 Å². The molecule has 2 aliphatic rings. The summed E-state index contributed by atoms with van der Waals surface area (Å²) in [6.45, 7) is 4.23. The number of rotatable bonds is 5. The SMILES string of the molecule is CC1CCC(C(CC2CCOCC2)NN)(N(C)C)CC1. The van der Waals surface area contributed by atoms with Gasteiger partial charge in [0.2, 0.25) is 0 Å². The third-order valence-electron chi connectivity index (χ3n) is 5.79. The maximum atomic E-state index is 5.97. The van der Waals surface area contributed by atoms with Gasteiger partial charge in [-0.3, -0.25) is 11.3 Å². The van der Waals surface area contributed by atoms with E-state index in [4.69, 9.17) is 10.6 Å². The Morgan fingerprint density at radius 1 is 1.20 bits per heavy atom. The third kappa shape index (κ3) is 3.53. The smallest absolute Gasteiger partial charge is 0.0468 e. The molecule has 2 fully saturated rings. The molecule has 0 aromatic heterocycles. The average Bonchev–Trinajstić information content (AvgIpc) is 2.47. The minimum atomic E-state index is 0.236. The second-order valence-corrected chi connectivity index (χ2v) is 7.19. The molecule has 1 unspecified atom stereocenters. The molecule has 0 radical (unpaired) electrons. The van der Waals surface area contributed by atoms with Crippen molar-refractivity contribution in [1.29, 1.82) is 0 Å². The van der Waals surface area contributed by atoms with Crippen molar-refractivity contribution >= 4 is 0 Å². The van der Waals surface area contributed by atoms with Gasteiger partial charge in [0.15, 0.2) is 0 Å². The highest BCUT2D eigenvalue weighted by Crippen LogP contribution is 2.40. The van der Waals surface area contributed by atoms with Gasteiger partial charge in [-0.2, -0.15) is 0 Å². The van der Waals surface area contributed by atoms with Crippen LogP contribution in [0.1, 0.15) is 51.9 Å². The maximum Gasteiger partial charge on any atom is 0.0468 e. The number of nitrogens with one attached hydrogen (secondary N) is 1. The Kier molecular flexibility index (Phi) is 5.84. The Morgan fingerprint density at radius 2 is 1.80 bits per heavy atom. The highest BCUT2D eigenvalue weighted by Gasteiger charge is 2.43. The molecule has 1 atom stereocenters. The Morgan fingerprint density at radius 3 is 2.30 bits per heavy atom. The van der Waals surface area contributed by atoms with E-state index in [0.29, 0.717) is 6.04 Å². The number of nitrogens with zero attached hydrogens (tertiary/aromatic N) is 1. The van der Waals surface area contributed by atoms with Crippen LogP contribution in [-0.2, 0) is 4.74 Å². The summed E-state index contributed by atoms with van der Waals surface area (Å²) in [5, 5.41) is 0. The molecule has 1 aliphatic carbocycles. The molecule has 0 amide bonds. The van der Waals surface area contributed by atoms with Gasteiger partial charge >= 0.3 is 0 Å². The van der Waals surface area contributed by atoms with Gasteiger partial charge in [-0.15, -0.1) is 0 Å². The van der Waals surface area contributed by atoms with Gasteiger partial charge < -0.3 is 9.64 Å². The first-order valence-corrected chi connectivity index (χ1v) is 8.30. The molecule has 1 saturated heterocycles. The van der Waals surface area contributed by atoms with Crippen LogP contribution < -0.4 is 11.3 Å². The van der Waals surface area contributed by atoms with Crippen molar-refractivity contribution in [2.45, 2.75) is 63.5 Å². The number of likely N-dealkylation sites (N-methyl/N-ethyl adjacent to an activating group) is 1. The summed E-state index contributed by atoms with van der Waals surface area (Å²) >= 11 is 0. The summed E-state index contributed by atoms with van der Waals surface area (Å²) in [5.74, 6) is 7.60. The van der Waals surface area contributed by atoms with Crippen molar-refractivity contribution in [3.63, 3.8) is 0 Å². The quantitative estimate of drug-likeness (QED) is 0.599. The van der Waals surface area contributed by atoms with E-state index < -0.39 is 0 Å². The molecule has 1 aliphatic heterocycles. The summed E-state index contributed by atoms with van der Waals surface area (Å²) in [7, 11) is 4.45. The van der Waals surface area contributed by atoms with Crippen molar-refractivity contribution in [2.75, 3.05) is 27.3 Å². The Labute approximate surface area is 124 Å². The molecule has 0 aromatic carbocycles. The summed E-state index contributed by atoms with van der Waals surface area (Å²) in [4.78, 5) is 2.43.